The van der Waals surface area contributed by atoms with Crippen molar-refractivity contribution >= 4 is 33.3 Å². The fraction of sp³-hybridized carbons (Fsp3) is 0.455. The summed E-state index contributed by atoms with van der Waals surface area (Å²) >= 11 is 0.967. The molecule has 1 atom stereocenters. The average molecular weight is 321 g/mol. The highest BCUT2D eigenvalue weighted by atomic mass is 32.2. The molecule has 0 radical (unpaired) electrons. The lowest BCUT2D eigenvalue weighted by atomic mass is 10.2. The maximum Gasteiger partial charge on any atom is 0.349 e. The molecule has 112 valence electrons. The summed E-state index contributed by atoms with van der Waals surface area (Å²) in [5, 5.41) is 10.0. The summed E-state index contributed by atoms with van der Waals surface area (Å²) in [7, 11) is -2.72. The molecule has 1 aromatic rings. The fourth-order valence-electron chi connectivity index (χ4n) is 1.48. The number of sulfonamides is 1. The molecule has 9 heteroatoms. The molecule has 0 amide bonds. The Kier molecular flexibility index (Phi) is 5.66. The number of hydrogen-bond acceptors (Lipinski definition) is 6. The molecule has 1 heterocycles. The van der Waals surface area contributed by atoms with E-state index in [4.69, 9.17) is 5.11 Å². The van der Waals surface area contributed by atoms with Crippen LogP contribution >= 0.6 is 11.3 Å². The van der Waals surface area contributed by atoms with Crippen molar-refractivity contribution < 1.29 is 27.9 Å². The van der Waals surface area contributed by atoms with Gasteiger partial charge in [-0.05, 0) is 24.8 Å². The summed E-state index contributed by atoms with van der Waals surface area (Å²) < 4.78 is 31.1. The smallest absolute Gasteiger partial charge is 0.349 e. The topological polar surface area (TPSA) is 110 Å². The van der Waals surface area contributed by atoms with Gasteiger partial charge in [0.25, 0.3) is 0 Å². The van der Waals surface area contributed by atoms with Gasteiger partial charge < -0.3 is 9.84 Å². The number of rotatable bonds is 7. The van der Waals surface area contributed by atoms with Crippen molar-refractivity contribution in [1.29, 1.82) is 0 Å². The van der Waals surface area contributed by atoms with Gasteiger partial charge in [-0.25, -0.2) is 17.9 Å². The first-order valence-corrected chi connectivity index (χ1v) is 8.04. The maximum atomic E-state index is 12.1. The lowest BCUT2D eigenvalue weighted by molar-refractivity contribution is -0.137. The van der Waals surface area contributed by atoms with Gasteiger partial charge in [-0.15, -0.1) is 11.3 Å². The largest absolute Gasteiger partial charge is 0.481 e. The zero-order valence-electron chi connectivity index (χ0n) is 11.0. The number of carbonyl (C=O) groups excluding carboxylic acids is 1. The van der Waals surface area contributed by atoms with Crippen LogP contribution in [0.2, 0.25) is 0 Å². The number of carbonyl (C=O) groups is 2. The molecule has 0 aliphatic rings. The van der Waals surface area contributed by atoms with Gasteiger partial charge >= 0.3 is 11.9 Å². The molecule has 0 spiro atoms. The summed E-state index contributed by atoms with van der Waals surface area (Å²) in [5.41, 5.74) is 0. The predicted octanol–water partition coefficient (Wildman–Crippen LogP) is 1.07. The fourth-order valence-corrected chi connectivity index (χ4v) is 4.09. The van der Waals surface area contributed by atoms with Crippen LogP contribution < -0.4 is 4.72 Å². The number of aliphatic carboxylic acids is 1. The predicted molar refractivity (Wildman–Crippen MR) is 72.3 cm³/mol. The van der Waals surface area contributed by atoms with Gasteiger partial charge in [0.05, 0.1) is 7.11 Å². The van der Waals surface area contributed by atoms with Crippen molar-refractivity contribution in [2.45, 2.75) is 30.7 Å². The average Bonchev–Trinajstić information content (AvgIpc) is 2.85. The molecule has 0 saturated heterocycles. The molecular weight excluding hydrogens is 306 g/mol. The van der Waals surface area contributed by atoms with E-state index in [9.17, 15) is 18.0 Å². The molecule has 1 aromatic heterocycles. The highest BCUT2D eigenvalue weighted by molar-refractivity contribution is 7.89. The number of esters is 1. The second-order valence-electron chi connectivity index (χ2n) is 4.06. The Morgan fingerprint density at radius 2 is 2.15 bits per heavy atom. The van der Waals surface area contributed by atoms with Gasteiger partial charge in [-0.3, -0.25) is 4.79 Å². The van der Waals surface area contributed by atoms with E-state index in [1.54, 1.807) is 6.92 Å². The van der Waals surface area contributed by atoms with Crippen molar-refractivity contribution in [3.8, 4) is 0 Å². The van der Waals surface area contributed by atoms with E-state index in [1.165, 1.54) is 18.6 Å². The van der Waals surface area contributed by atoms with Gasteiger partial charge in [0, 0.05) is 12.5 Å². The Labute approximate surface area is 120 Å². The van der Waals surface area contributed by atoms with E-state index >= 15 is 0 Å². The van der Waals surface area contributed by atoms with Crippen molar-refractivity contribution in [1.82, 2.24) is 4.72 Å². The molecule has 1 rings (SSSR count). The first-order valence-electron chi connectivity index (χ1n) is 5.68. The molecule has 0 saturated carbocycles. The van der Waals surface area contributed by atoms with Crippen molar-refractivity contribution in [2.24, 2.45) is 0 Å². The molecule has 0 aliphatic carbocycles. The second kappa shape index (κ2) is 6.82. The number of carboxylic acid groups (broad SMARTS) is 1. The number of ether oxygens (including phenoxy) is 1. The Morgan fingerprint density at radius 3 is 2.70 bits per heavy atom. The lowest BCUT2D eigenvalue weighted by Crippen LogP contribution is -2.33. The highest BCUT2D eigenvalue weighted by Gasteiger charge is 2.26. The third kappa shape index (κ3) is 4.29. The number of hydrogen-bond donors (Lipinski definition) is 2. The van der Waals surface area contributed by atoms with Crippen LogP contribution in [0, 0.1) is 0 Å². The number of nitrogens with one attached hydrogen (secondary N) is 1. The van der Waals surface area contributed by atoms with E-state index in [0.29, 0.717) is 0 Å². The Balaban J connectivity index is 2.87. The Hall–Kier alpha value is -1.45. The molecule has 0 bridgehead atoms. The van der Waals surface area contributed by atoms with Gasteiger partial charge in [-0.2, -0.15) is 0 Å². The van der Waals surface area contributed by atoms with E-state index in [0.717, 1.165) is 11.3 Å². The summed E-state index contributed by atoms with van der Waals surface area (Å²) in [6, 6.07) is 0.755. The SMILES string of the molecule is COC(=O)c1sccc1S(=O)(=O)NC(C)CCC(=O)O. The summed E-state index contributed by atoms with van der Waals surface area (Å²) in [4.78, 5) is 21.7. The standard InChI is InChI=1S/C11H15NO6S2/c1-7(3-4-9(13)14)12-20(16,17)8-5-6-19-10(8)11(15)18-2/h5-7,12H,3-4H2,1-2H3,(H,13,14). The van der Waals surface area contributed by atoms with Crippen LogP contribution in [0.15, 0.2) is 16.3 Å². The lowest BCUT2D eigenvalue weighted by Gasteiger charge is -2.13. The second-order valence-corrected chi connectivity index (χ2v) is 6.66. The number of methoxy groups -OCH3 is 1. The summed E-state index contributed by atoms with van der Waals surface area (Å²) in [6.07, 6.45) is 0.0173. The molecule has 20 heavy (non-hydrogen) atoms. The van der Waals surface area contributed by atoms with Gasteiger partial charge in [0.1, 0.15) is 9.77 Å². The van der Waals surface area contributed by atoms with E-state index in [2.05, 4.69) is 9.46 Å². The Bertz CT molecular complexity index is 592. The maximum absolute atomic E-state index is 12.1. The highest BCUT2D eigenvalue weighted by Crippen LogP contribution is 2.23. The molecule has 7 nitrogen and oxygen atoms in total. The van der Waals surface area contributed by atoms with Crippen LogP contribution in [-0.4, -0.2) is 38.6 Å². The molecule has 1 unspecified atom stereocenters. The first kappa shape index (κ1) is 16.6. The molecule has 0 aliphatic heterocycles. The number of carboxylic acids is 1. The minimum Gasteiger partial charge on any atom is -0.481 e. The number of thiophene rings is 1. The quantitative estimate of drug-likeness (QED) is 0.727. The van der Waals surface area contributed by atoms with Crippen LogP contribution in [0.25, 0.3) is 0 Å². The zero-order chi connectivity index (χ0) is 15.3. The van der Waals surface area contributed by atoms with Gasteiger partial charge in [-0.1, -0.05) is 0 Å². The van der Waals surface area contributed by atoms with Crippen LogP contribution in [0.1, 0.15) is 29.4 Å². The van der Waals surface area contributed by atoms with Crippen LogP contribution in [-0.2, 0) is 19.6 Å². The third-order valence-corrected chi connectivity index (χ3v) is 5.09. The Morgan fingerprint density at radius 1 is 1.50 bits per heavy atom. The summed E-state index contributed by atoms with van der Waals surface area (Å²) in [5.74, 6) is -1.72. The molecule has 0 aromatic carbocycles. The van der Waals surface area contributed by atoms with Gasteiger partial charge in [0.2, 0.25) is 10.0 Å². The van der Waals surface area contributed by atoms with Crippen molar-refractivity contribution in [3.05, 3.63) is 16.3 Å². The minimum atomic E-state index is -3.88. The first-order chi connectivity index (χ1) is 9.27. The summed E-state index contributed by atoms with van der Waals surface area (Å²) in [6.45, 7) is 1.56. The van der Waals surface area contributed by atoms with E-state index < -0.39 is 28.0 Å². The molecule has 2 N–H and O–H groups in total. The van der Waals surface area contributed by atoms with Gasteiger partial charge in [0.15, 0.2) is 0 Å². The van der Waals surface area contributed by atoms with E-state index in [1.807, 2.05) is 0 Å². The normalized spacial score (nSPS) is 12.9. The van der Waals surface area contributed by atoms with E-state index in [-0.39, 0.29) is 22.6 Å². The monoisotopic (exact) mass is 321 g/mol. The van der Waals surface area contributed by atoms with Crippen LogP contribution in [0.4, 0.5) is 0 Å². The van der Waals surface area contributed by atoms with Crippen molar-refractivity contribution in [3.63, 3.8) is 0 Å². The zero-order valence-corrected chi connectivity index (χ0v) is 12.6. The third-order valence-electron chi connectivity index (χ3n) is 2.44. The van der Waals surface area contributed by atoms with Crippen molar-refractivity contribution in [2.75, 3.05) is 7.11 Å². The van der Waals surface area contributed by atoms with Crippen LogP contribution in [0.3, 0.4) is 0 Å². The molecule has 0 fully saturated rings. The minimum absolute atomic E-state index is 0.00886. The molecular formula is C11H15NO6S2. The van der Waals surface area contributed by atoms with Crippen LogP contribution in [0.5, 0.6) is 0 Å².